The Balaban J connectivity index is 3.33. The van der Waals surface area contributed by atoms with Crippen LogP contribution in [-0.4, -0.2) is 40.9 Å². The van der Waals surface area contributed by atoms with Gasteiger partial charge in [-0.05, 0) is 6.92 Å². The van der Waals surface area contributed by atoms with E-state index in [2.05, 4.69) is 9.97 Å². The summed E-state index contributed by atoms with van der Waals surface area (Å²) >= 11 is 0. The Bertz CT molecular complexity index is 497. The van der Waals surface area contributed by atoms with Crippen LogP contribution < -0.4 is 10.6 Å². The number of halogens is 3. The van der Waals surface area contributed by atoms with E-state index in [-0.39, 0.29) is 18.2 Å². The molecule has 5 nitrogen and oxygen atoms in total. The minimum atomic E-state index is -4.40. The summed E-state index contributed by atoms with van der Waals surface area (Å²) in [5.41, 5.74) is 5.73. The summed E-state index contributed by atoms with van der Waals surface area (Å²) in [5.74, 6) is 0.625. The highest BCUT2D eigenvalue weighted by molar-refractivity contribution is 5.57. The van der Waals surface area contributed by atoms with E-state index in [0.29, 0.717) is 11.4 Å². The molecule has 21 heavy (non-hydrogen) atoms. The maximum absolute atomic E-state index is 12.7. The van der Waals surface area contributed by atoms with Crippen LogP contribution in [0, 0.1) is 6.92 Å². The van der Waals surface area contributed by atoms with Crippen LogP contribution in [0.15, 0.2) is 0 Å². The molecule has 0 radical (unpaired) electrons. The topological polar surface area (TPSA) is 75.3 Å². The second-order valence-corrected chi connectivity index (χ2v) is 5.89. The summed E-state index contributed by atoms with van der Waals surface area (Å²) in [5, 5.41) is 9.00. The number of aliphatic hydroxyl groups excluding tert-OH is 1. The van der Waals surface area contributed by atoms with Gasteiger partial charge >= 0.3 is 6.18 Å². The van der Waals surface area contributed by atoms with Gasteiger partial charge in [-0.3, -0.25) is 0 Å². The van der Waals surface area contributed by atoms with Crippen molar-refractivity contribution in [1.82, 2.24) is 9.97 Å². The van der Waals surface area contributed by atoms with Gasteiger partial charge in [-0.15, -0.1) is 0 Å². The van der Waals surface area contributed by atoms with Crippen molar-refractivity contribution in [2.24, 2.45) is 0 Å². The maximum atomic E-state index is 12.7. The molecule has 0 aliphatic heterocycles. The molecule has 0 unspecified atom stereocenters. The molecule has 0 aliphatic carbocycles. The van der Waals surface area contributed by atoms with Crippen molar-refractivity contribution < 1.29 is 18.3 Å². The standard InChI is InChI=1S/C13H21F3N4O/c1-8-9(17)18-11(12(2,3)4)19-10(8)20(5-6-21)7-13(14,15)16/h21H,5-7H2,1-4H3,(H2,17,18,19). The number of alkyl halides is 3. The lowest BCUT2D eigenvalue weighted by atomic mass is 9.95. The normalized spacial score (nSPS) is 12.6. The first-order valence-corrected chi connectivity index (χ1v) is 6.53. The third-order valence-corrected chi connectivity index (χ3v) is 2.87. The number of aliphatic hydroxyl groups is 1. The number of nitrogen functional groups attached to an aromatic ring is 1. The van der Waals surface area contributed by atoms with E-state index < -0.39 is 24.7 Å². The molecule has 1 heterocycles. The summed E-state index contributed by atoms with van der Waals surface area (Å²) in [7, 11) is 0. The van der Waals surface area contributed by atoms with Crippen molar-refractivity contribution >= 4 is 11.6 Å². The number of nitrogens with two attached hydrogens (primary N) is 1. The van der Waals surface area contributed by atoms with Gasteiger partial charge in [-0.2, -0.15) is 13.2 Å². The Hall–Kier alpha value is -1.57. The minimum Gasteiger partial charge on any atom is -0.395 e. The lowest BCUT2D eigenvalue weighted by Crippen LogP contribution is -2.38. The van der Waals surface area contributed by atoms with Crippen molar-refractivity contribution in [3.05, 3.63) is 11.4 Å². The first-order chi connectivity index (χ1) is 9.45. The molecule has 0 saturated heterocycles. The molecule has 0 amide bonds. The number of anilines is 2. The predicted octanol–water partition coefficient (Wildman–Crippen LogP) is 2.03. The highest BCUT2D eigenvalue weighted by Crippen LogP contribution is 2.29. The van der Waals surface area contributed by atoms with Gasteiger partial charge in [0.2, 0.25) is 0 Å². The molecule has 1 aromatic rings. The van der Waals surface area contributed by atoms with Crippen molar-refractivity contribution in [3.63, 3.8) is 0 Å². The van der Waals surface area contributed by atoms with Gasteiger partial charge in [-0.25, -0.2) is 9.97 Å². The third-order valence-electron chi connectivity index (χ3n) is 2.87. The lowest BCUT2D eigenvalue weighted by molar-refractivity contribution is -0.120. The van der Waals surface area contributed by atoms with Crippen LogP contribution in [0.5, 0.6) is 0 Å². The van der Waals surface area contributed by atoms with Gasteiger partial charge in [0, 0.05) is 17.5 Å². The highest BCUT2D eigenvalue weighted by Gasteiger charge is 2.33. The Morgan fingerprint density at radius 2 is 1.76 bits per heavy atom. The van der Waals surface area contributed by atoms with Crippen LogP contribution in [0.3, 0.4) is 0 Å². The monoisotopic (exact) mass is 306 g/mol. The first kappa shape index (κ1) is 17.5. The van der Waals surface area contributed by atoms with Gasteiger partial charge in [-0.1, -0.05) is 20.8 Å². The molecular weight excluding hydrogens is 285 g/mol. The SMILES string of the molecule is Cc1c(N)nc(C(C)(C)C)nc1N(CCO)CC(F)(F)F. The molecule has 120 valence electrons. The van der Waals surface area contributed by atoms with E-state index in [4.69, 9.17) is 10.8 Å². The largest absolute Gasteiger partial charge is 0.405 e. The molecule has 0 saturated carbocycles. The Morgan fingerprint density at radius 3 is 2.19 bits per heavy atom. The summed E-state index contributed by atoms with van der Waals surface area (Å²) in [6.45, 7) is 5.32. The minimum absolute atomic E-state index is 0.110. The zero-order valence-corrected chi connectivity index (χ0v) is 12.6. The molecular formula is C13H21F3N4O. The van der Waals surface area contributed by atoms with E-state index in [1.807, 2.05) is 20.8 Å². The number of nitrogens with zero attached hydrogens (tertiary/aromatic N) is 3. The zero-order valence-electron chi connectivity index (χ0n) is 12.6. The zero-order chi connectivity index (χ0) is 16.4. The Morgan fingerprint density at radius 1 is 1.19 bits per heavy atom. The maximum Gasteiger partial charge on any atom is 0.405 e. The fourth-order valence-corrected chi connectivity index (χ4v) is 1.76. The number of hydrogen-bond donors (Lipinski definition) is 2. The molecule has 0 bridgehead atoms. The third kappa shape index (κ3) is 4.73. The number of hydrogen-bond acceptors (Lipinski definition) is 5. The van der Waals surface area contributed by atoms with Crippen LogP contribution in [0.25, 0.3) is 0 Å². The van der Waals surface area contributed by atoms with Gasteiger partial charge in [0.15, 0.2) is 0 Å². The summed E-state index contributed by atoms with van der Waals surface area (Å²) in [6, 6.07) is 0. The predicted molar refractivity (Wildman–Crippen MR) is 75.2 cm³/mol. The Kier molecular flexibility index (Phi) is 5.03. The number of rotatable bonds is 4. The smallest absolute Gasteiger partial charge is 0.395 e. The molecule has 0 spiro atoms. The van der Waals surface area contributed by atoms with E-state index >= 15 is 0 Å². The highest BCUT2D eigenvalue weighted by atomic mass is 19.4. The second-order valence-electron chi connectivity index (χ2n) is 5.89. The van der Waals surface area contributed by atoms with Crippen LogP contribution in [-0.2, 0) is 5.41 Å². The molecule has 0 atom stereocenters. The fraction of sp³-hybridized carbons (Fsp3) is 0.692. The van der Waals surface area contributed by atoms with Crippen LogP contribution in [0.4, 0.5) is 24.8 Å². The van der Waals surface area contributed by atoms with E-state index in [1.54, 1.807) is 6.92 Å². The molecule has 1 rings (SSSR count). The van der Waals surface area contributed by atoms with Crippen LogP contribution >= 0.6 is 0 Å². The quantitative estimate of drug-likeness (QED) is 0.890. The molecule has 0 aromatic carbocycles. The van der Waals surface area contributed by atoms with Crippen molar-refractivity contribution in [2.75, 3.05) is 30.3 Å². The average Bonchev–Trinajstić information content (AvgIpc) is 2.28. The molecule has 3 N–H and O–H groups in total. The van der Waals surface area contributed by atoms with Gasteiger partial charge < -0.3 is 15.7 Å². The van der Waals surface area contributed by atoms with Gasteiger partial charge in [0.25, 0.3) is 0 Å². The van der Waals surface area contributed by atoms with Crippen molar-refractivity contribution in [1.29, 1.82) is 0 Å². The van der Waals surface area contributed by atoms with Crippen molar-refractivity contribution in [3.8, 4) is 0 Å². The molecule has 0 fully saturated rings. The van der Waals surface area contributed by atoms with E-state index in [9.17, 15) is 13.2 Å². The molecule has 8 heteroatoms. The van der Waals surface area contributed by atoms with Crippen LogP contribution in [0.2, 0.25) is 0 Å². The second kappa shape index (κ2) is 6.05. The Labute approximate surface area is 122 Å². The lowest BCUT2D eigenvalue weighted by Gasteiger charge is -2.28. The molecule has 0 aliphatic rings. The molecule has 1 aromatic heterocycles. The van der Waals surface area contributed by atoms with E-state index in [0.717, 1.165) is 4.90 Å². The van der Waals surface area contributed by atoms with Crippen LogP contribution in [0.1, 0.15) is 32.2 Å². The van der Waals surface area contributed by atoms with Gasteiger partial charge in [0.1, 0.15) is 24.0 Å². The average molecular weight is 306 g/mol. The van der Waals surface area contributed by atoms with Crippen molar-refractivity contribution in [2.45, 2.75) is 39.3 Å². The van der Waals surface area contributed by atoms with Gasteiger partial charge in [0.05, 0.1) is 6.61 Å². The summed E-state index contributed by atoms with van der Waals surface area (Å²) < 4.78 is 38.1. The summed E-state index contributed by atoms with van der Waals surface area (Å²) in [4.78, 5) is 9.35. The number of aromatic nitrogens is 2. The summed E-state index contributed by atoms with van der Waals surface area (Å²) in [6.07, 6.45) is -4.40. The first-order valence-electron chi connectivity index (χ1n) is 6.53. The fourth-order valence-electron chi connectivity index (χ4n) is 1.76. The van der Waals surface area contributed by atoms with E-state index in [1.165, 1.54) is 0 Å².